The van der Waals surface area contributed by atoms with Crippen LogP contribution in [-0.2, 0) is 4.79 Å². The zero-order valence-electron chi connectivity index (χ0n) is 14.3. The average molecular weight is 338 g/mol. The molecule has 3 rings (SSSR count). The smallest absolute Gasteiger partial charge is 0.231 e. The van der Waals surface area contributed by atoms with Gasteiger partial charge in [0, 0.05) is 5.56 Å². The fraction of sp³-hybridized carbons (Fsp3) is 0.200. The summed E-state index contributed by atoms with van der Waals surface area (Å²) < 4.78 is 16.4. The lowest BCUT2D eigenvalue weighted by Gasteiger charge is -2.10. The van der Waals surface area contributed by atoms with Gasteiger partial charge in [-0.2, -0.15) is 0 Å². The van der Waals surface area contributed by atoms with Gasteiger partial charge in [-0.3, -0.25) is 9.59 Å². The quantitative estimate of drug-likeness (QED) is 0.780. The Bertz CT molecular complexity index is 862. The van der Waals surface area contributed by atoms with Crippen LogP contribution < -0.4 is 14.2 Å². The predicted molar refractivity (Wildman–Crippen MR) is 93.3 cm³/mol. The van der Waals surface area contributed by atoms with Gasteiger partial charge in [-0.25, -0.2) is 0 Å². The Hall–Kier alpha value is -3.08. The van der Waals surface area contributed by atoms with Crippen LogP contribution in [0.3, 0.4) is 0 Å². The molecule has 0 aromatic heterocycles. The van der Waals surface area contributed by atoms with Crippen LogP contribution in [-0.4, -0.2) is 25.3 Å². The number of Topliss-reactive ketones (excluding diaryl/α,β-unsaturated/α-hetero) is 2. The minimum atomic E-state index is -0.174. The zero-order chi connectivity index (χ0) is 18.0. The third kappa shape index (κ3) is 3.40. The van der Waals surface area contributed by atoms with Gasteiger partial charge >= 0.3 is 0 Å². The second-order valence-electron chi connectivity index (χ2n) is 5.77. The van der Waals surface area contributed by atoms with E-state index in [-0.39, 0.29) is 23.9 Å². The highest BCUT2D eigenvalue weighted by atomic mass is 16.5. The number of ether oxygens (including phenoxy) is 3. The minimum absolute atomic E-state index is 0.0118. The summed E-state index contributed by atoms with van der Waals surface area (Å²) in [7, 11) is 1.60. The van der Waals surface area contributed by atoms with Crippen LogP contribution in [0.2, 0.25) is 0 Å². The summed E-state index contributed by atoms with van der Waals surface area (Å²) in [5.41, 5.74) is 2.03. The molecule has 0 unspecified atom stereocenters. The van der Waals surface area contributed by atoms with Crippen molar-refractivity contribution in [3.8, 4) is 17.2 Å². The number of methoxy groups -OCH3 is 1. The van der Waals surface area contributed by atoms with Crippen LogP contribution in [0.25, 0.3) is 6.08 Å². The van der Waals surface area contributed by atoms with Crippen molar-refractivity contribution in [1.82, 2.24) is 0 Å². The molecule has 0 saturated carbocycles. The summed E-state index contributed by atoms with van der Waals surface area (Å²) in [4.78, 5) is 23.6. The molecule has 1 aliphatic heterocycles. The van der Waals surface area contributed by atoms with Crippen molar-refractivity contribution in [3.63, 3.8) is 0 Å². The Labute approximate surface area is 145 Å². The van der Waals surface area contributed by atoms with E-state index in [1.165, 1.54) is 6.92 Å². The molecule has 0 bridgehead atoms. The van der Waals surface area contributed by atoms with E-state index in [0.29, 0.717) is 22.6 Å². The molecule has 1 heterocycles. The molecule has 2 aromatic carbocycles. The molecule has 0 saturated heterocycles. The van der Waals surface area contributed by atoms with Crippen LogP contribution in [0, 0.1) is 6.92 Å². The number of carbonyl (C=O) groups excluding carboxylic acids is 2. The molecule has 0 radical (unpaired) electrons. The van der Waals surface area contributed by atoms with Crippen LogP contribution in [0.5, 0.6) is 17.2 Å². The van der Waals surface area contributed by atoms with Crippen molar-refractivity contribution in [2.75, 3.05) is 13.7 Å². The Morgan fingerprint density at radius 3 is 2.52 bits per heavy atom. The number of rotatable bonds is 5. The third-order valence-electron chi connectivity index (χ3n) is 3.88. The molecular weight excluding hydrogens is 320 g/mol. The highest BCUT2D eigenvalue weighted by Gasteiger charge is 2.30. The number of carbonyl (C=O) groups is 2. The first-order valence-electron chi connectivity index (χ1n) is 7.83. The van der Waals surface area contributed by atoms with Crippen LogP contribution in [0.4, 0.5) is 0 Å². The van der Waals surface area contributed by atoms with Gasteiger partial charge in [-0.05, 0) is 49.8 Å². The summed E-state index contributed by atoms with van der Waals surface area (Å²) in [6.45, 7) is 3.25. The zero-order valence-corrected chi connectivity index (χ0v) is 14.3. The van der Waals surface area contributed by atoms with E-state index in [9.17, 15) is 9.59 Å². The Kier molecular flexibility index (Phi) is 4.57. The average Bonchev–Trinajstić information content (AvgIpc) is 2.92. The maximum absolute atomic E-state index is 12.5. The third-order valence-corrected chi connectivity index (χ3v) is 3.88. The summed E-state index contributed by atoms with van der Waals surface area (Å²) in [5.74, 6) is 1.77. The van der Waals surface area contributed by atoms with E-state index in [4.69, 9.17) is 14.2 Å². The number of hydrogen-bond donors (Lipinski definition) is 0. The molecule has 25 heavy (non-hydrogen) atoms. The molecule has 5 heteroatoms. The van der Waals surface area contributed by atoms with Gasteiger partial charge in [-0.1, -0.05) is 12.1 Å². The molecule has 5 nitrogen and oxygen atoms in total. The van der Waals surface area contributed by atoms with Crippen molar-refractivity contribution in [2.24, 2.45) is 0 Å². The van der Waals surface area contributed by atoms with Crippen LogP contribution in [0.15, 0.2) is 42.2 Å². The largest absolute Gasteiger partial charge is 0.497 e. The predicted octanol–water partition coefficient (Wildman–Crippen LogP) is 3.59. The highest BCUT2D eigenvalue weighted by Crippen LogP contribution is 2.39. The first kappa shape index (κ1) is 16.8. The normalized spacial score (nSPS) is 14.2. The number of benzene rings is 2. The Morgan fingerprint density at radius 2 is 1.88 bits per heavy atom. The van der Waals surface area contributed by atoms with Gasteiger partial charge in [0.05, 0.1) is 12.7 Å². The van der Waals surface area contributed by atoms with Crippen molar-refractivity contribution >= 4 is 17.6 Å². The lowest BCUT2D eigenvalue weighted by Crippen LogP contribution is -2.07. The fourth-order valence-corrected chi connectivity index (χ4v) is 2.56. The van der Waals surface area contributed by atoms with Crippen molar-refractivity contribution in [1.29, 1.82) is 0 Å². The molecule has 0 fully saturated rings. The van der Waals surface area contributed by atoms with E-state index in [2.05, 4.69) is 0 Å². The fourth-order valence-electron chi connectivity index (χ4n) is 2.56. The number of hydrogen-bond acceptors (Lipinski definition) is 5. The molecule has 128 valence electrons. The van der Waals surface area contributed by atoms with Crippen molar-refractivity contribution in [2.45, 2.75) is 13.8 Å². The standard InChI is InChI=1S/C20H18O5/c1-12(21)11-24-17-9-8-16-19(22)18(25-20(16)13(17)2)10-14-4-6-15(23-3)7-5-14/h4-10H,11H2,1-3H3/b18-10-. The lowest BCUT2D eigenvalue weighted by atomic mass is 10.1. The maximum atomic E-state index is 12.5. The highest BCUT2D eigenvalue weighted by molar-refractivity contribution is 6.15. The molecule has 0 N–H and O–H groups in total. The van der Waals surface area contributed by atoms with E-state index < -0.39 is 0 Å². The van der Waals surface area contributed by atoms with Gasteiger partial charge in [0.25, 0.3) is 0 Å². The summed E-state index contributed by atoms with van der Waals surface area (Å²) in [6.07, 6.45) is 1.69. The molecular formula is C20H18O5. The van der Waals surface area contributed by atoms with Crippen LogP contribution in [0.1, 0.15) is 28.4 Å². The van der Waals surface area contributed by atoms with E-state index >= 15 is 0 Å². The van der Waals surface area contributed by atoms with E-state index in [1.54, 1.807) is 32.2 Å². The lowest BCUT2D eigenvalue weighted by molar-refractivity contribution is -0.118. The summed E-state index contributed by atoms with van der Waals surface area (Å²) in [6, 6.07) is 10.7. The molecule has 0 amide bonds. The Balaban J connectivity index is 1.88. The monoisotopic (exact) mass is 338 g/mol. The maximum Gasteiger partial charge on any atom is 0.231 e. The van der Waals surface area contributed by atoms with Crippen LogP contribution >= 0.6 is 0 Å². The van der Waals surface area contributed by atoms with E-state index in [0.717, 1.165) is 11.3 Å². The first-order valence-corrected chi connectivity index (χ1v) is 7.83. The van der Waals surface area contributed by atoms with Gasteiger partial charge < -0.3 is 14.2 Å². The molecule has 2 aromatic rings. The first-order chi connectivity index (χ1) is 12.0. The van der Waals surface area contributed by atoms with Gasteiger partial charge in [0.15, 0.2) is 11.5 Å². The number of ketones is 2. The Morgan fingerprint density at radius 1 is 1.16 bits per heavy atom. The van der Waals surface area contributed by atoms with E-state index in [1.807, 2.05) is 24.3 Å². The molecule has 0 atom stereocenters. The molecule has 1 aliphatic rings. The van der Waals surface area contributed by atoms with Crippen molar-refractivity contribution < 1.29 is 23.8 Å². The van der Waals surface area contributed by atoms with Gasteiger partial charge in [0.2, 0.25) is 5.78 Å². The second-order valence-corrected chi connectivity index (χ2v) is 5.77. The summed E-state index contributed by atoms with van der Waals surface area (Å²) >= 11 is 0. The number of allylic oxidation sites excluding steroid dienone is 1. The minimum Gasteiger partial charge on any atom is -0.497 e. The van der Waals surface area contributed by atoms with Gasteiger partial charge in [-0.15, -0.1) is 0 Å². The topological polar surface area (TPSA) is 61.8 Å². The second kappa shape index (κ2) is 6.81. The van der Waals surface area contributed by atoms with Crippen molar-refractivity contribution in [3.05, 3.63) is 58.8 Å². The number of fused-ring (bicyclic) bond motifs is 1. The summed E-state index contributed by atoms with van der Waals surface area (Å²) in [5, 5.41) is 0. The molecule has 0 aliphatic carbocycles. The van der Waals surface area contributed by atoms with Gasteiger partial charge in [0.1, 0.15) is 23.9 Å². The SMILES string of the molecule is COc1ccc(/C=C2\Oc3c(ccc(OCC(C)=O)c3C)C2=O)cc1. The molecule has 0 spiro atoms.